The van der Waals surface area contributed by atoms with E-state index in [0.717, 1.165) is 18.8 Å². The summed E-state index contributed by atoms with van der Waals surface area (Å²) in [5.74, 6) is 1.13. The molecule has 25 heavy (non-hydrogen) atoms. The fraction of sp³-hybridized carbons (Fsp3) is 0.579. The maximum Gasteiger partial charge on any atom is 0.319 e. The summed E-state index contributed by atoms with van der Waals surface area (Å²) < 4.78 is 5.24. The average Bonchev–Trinajstić information content (AvgIpc) is 2.53. The first-order chi connectivity index (χ1) is 11.9. The molecule has 0 aliphatic heterocycles. The SMILES string of the molecule is COc1ccc(NC(C)=O)cc1NC(=O)NCCCCCCC(C)C. The number of ether oxygens (including phenoxy) is 1. The minimum atomic E-state index is -0.277. The molecule has 3 N–H and O–H groups in total. The van der Waals surface area contributed by atoms with Gasteiger partial charge in [0.25, 0.3) is 0 Å². The summed E-state index contributed by atoms with van der Waals surface area (Å²) in [6.45, 7) is 6.55. The van der Waals surface area contributed by atoms with E-state index >= 15 is 0 Å². The Morgan fingerprint density at radius 2 is 1.80 bits per heavy atom. The zero-order chi connectivity index (χ0) is 18.7. The van der Waals surface area contributed by atoms with Crippen LogP contribution in [0, 0.1) is 5.92 Å². The summed E-state index contributed by atoms with van der Waals surface area (Å²) in [5.41, 5.74) is 1.12. The van der Waals surface area contributed by atoms with Crippen LogP contribution in [-0.2, 0) is 4.79 Å². The molecular formula is C19H31N3O3. The van der Waals surface area contributed by atoms with Crippen molar-refractivity contribution in [1.29, 1.82) is 0 Å². The third kappa shape index (κ3) is 8.98. The van der Waals surface area contributed by atoms with E-state index in [1.807, 2.05) is 0 Å². The fourth-order valence-corrected chi connectivity index (χ4v) is 2.49. The van der Waals surface area contributed by atoms with Crippen molar-refractivity contribution in [2.24, 2.45) is 5.92 Å². The average molecular weight is 349 g/mol. The summed E-state index contributed by atoms with van der Waals surface area (Å²) in [7, 11) is 1.54. The molecule has 0 atom stereocenters. The van der Waals surface area contributed by atoms with Crippen molar-refractivity contribution < 1.29 is 14.3 Å². The number of unbranched alkanes of at least 4 members (excludes halogenated alkanes) is 3. The van der Waals surface area contributed by atoms with E-state index in [0.29, 0.717) is 23.7 Å². The van der Waals surface area contributed by atoms with Crippen LogP contribution in [0.3, 0.4) is 0 Å². The highest BCUT2D eigenvalue weighted by atomic mass is 16.5. The van der Waals surface area contributed by atoms with Gasteiger partial charge in [0.2, 0.25) is 5.91 Å². The van der Waals surface area contributed by atoms with Crippen molar-refractivity contribution in [2.75, 3.05) is 24.3 Å². The number of hydrogen-bond donors (Lipinski definition) is 3. The predicted molar refractivity (Wildman–Crippen MR) is 102 cm³/mol. The fourth-order valence-electron chi connectivity index (χ4n) is 2.49. The molecule has 1 rings (SSSR count). The molecule has 6 nitrogen and oxygen atoms in total. The number of urea groups is 1. The van der Waals surface area contributed by atoms with E-state index < -0.39 is 0 Å². The van der Waals surface area contributed by atoms with Gasteiger partial charge in [0.15, 0.2) is 0 Å². The van der Waals surface area contributed by atoms with Crippen molar-refractivity contribution in [3.05, 3.63) is 18.2 Å². The second kappa shape index (κ2) is 11.3. The Morgan fingerprint density at radius 1 is 1.08 bits per heavy atom. The Morgan fingerprint density at radius 3 is 2.44 bits per heavy atom. The molecule has 0 spiro atoms. The highest BCUT2D eigenvalue weighted by Crippen LogP contribution is 2.27. The number of carbonyl (C=O) groups is 2. The Kier molecular flexibility index (Phi) is 9.43. The van der Waals surface area contributed by atoms with Gasteiger partial charge in [-0.1, -0.05) is 39.5 Å². The topological polar surface area (TPSA) is 79.5 Å². The van der Waals surface area contributed by atoms with Crippen molar-refractivity contribution in [1.82, 2.24) is 5.32 Å². The molecule has 0 aromatic heterocycles. The Balaban J connectivity index is 2.39. The third-order valence-electron chi connectivity index (χ3n) is 3.76. The first-order valence-corrected chi connectivity index (χ1v) is 8.93. The number of methoxy groups -OCH3 is 1. The highest BCUT2D eigenvalue weighted by Gasteiger charge is 2.09. The number of nitrogens with one attached hydrogen (secondary N) is 3. The quantitative estimate of drug-likeness (QED) is 0.548. The molecule has 140 valence electrons. The van der Waals surface area contributed by atoms with Gasteiger partial charge in [-0.15, -0.1) is 0 Å². The van der Waals surface area contributed by atoms with Gasteiger partial charge in [0, 0.05) is 19.2 Å². The van der Waals surface area contributed by atoms with Gasteiger partial charge < -0.3 is 20.7 Å². The summed E-state index contributed by atoms with van der Waals surface area (Å²) in [5, 5.41) is 8.30. The van der Waals surface area contributed by atoms with Crippen LogP contribution in [0.5, 0.6) is 5.75 Å². The largest absolute Gasteiger partial charge is 0.495 e. The number of hydrogen-bond acceptors (Lipinski definition) is 3. The molecule has 0 radical (unpaired) electrons. The van der Waals surface area contributed by atoms with Crippen LogP contribution >= 0.6 is 0 Å². The van der Waals surface area contributed by atoms with Crippen LogP contribution < -0.4 is 20.7 Å². The molecule has 0 unspecified atom stereocenters. The molecular weight excluding hydrogens is 318 g/mol. The normalized spacial score (nSPS) is 10.4. The van der Waals surface area contributed by atoms with Gasteiger partial charge >= 0.3 is 6.03 Å². The molecule has 0 aliphatic rings. The number of amides is 3. The van der Waals surface area contributed by atoms with Gasteiger partial charge in [-0.3, -0.25) is 4.79 Å². The minimum Gasteiger partial charge on any atom is -0.495 e. The summed E-state index contributed by atoms with van der Waals surface area (Å²) >= 11 is 0. The van der Waals surface area contributed by atoms with Crippen LogP contribution in [0.25, 0.3) is 0 Å². The minimum absolute atomic E-state index is 0.168. The van der Waals surface area contributed by atoms with E-state index in [9.17, 15) is 9.59 Å². The van der Waals surface area contributed by atoms with Gasteiger partial charge in [-0.25, -0.2) is 4.79 Å². The van der Waals surface area contributed by atoms with Crippen LogP contribution in [0.4, 0.5) is 16.2 Å². The van der Waals surface area contributed by atoms with Crippen molar-refractivity contribution in [2.45, 2.75) is 52.9 Å². The van der Waals surface area contributed by atoms with E-state index in [1.165, 1.54) is 33.3 Å². The predicted octanol–water partition coefficient (Wildman–Crippen LogP) is 4.38. The van der Waals surface area contributed by atoms with E-state index in [-0.39, 0.29) is 11.9 Å². The van der Waals surface area contributed by atoms with E-state index in [1.54, 1.807) is 18.2 Å². The maximum atomic E-state index is 12.0. The standard InChI is InChI=1S/C19H31N3O3/c1-14(2)9-7-5-6-8-12-20-19(24)22-17-13-16(21-15(3)23)10-11-18(17)25-4/h10-11,13-14H,5-9,12H2,1-4H3,(H,21,23)(H2,20,22,24). The molecule has 0 bridgehead atoms. The second-order valence-corrected chi connectivity index (χ2v) is 6.57. The number of benzene rings is 1. The second-order valence-electron chi connectivity index (χ2n) is 6.57. The van der Waals surface area contributed by atoms with Crippen molar-refractivity contribution in [3.8, 4) is 5.75 Å². The maximum absolute atomic E-state index is 12.0. The molecule has 1 aromatic rings. The Labute approximate surface area is 150 Å². The lowest BCUT2D eigenvalue weighted by Crippen LogP contribution is -2.29. The van der Waals surface area contributed by atoms with Crippen molar-refractivity contribution in [3.63, 3.8) is 0 Å². The van der Waals surface area contributed by atoms with Gasteiger partial charge in [0.05, 0.1) is 12.8 Å². The monoisotopic (exact) mass is 349 g/mol. The molecule has 0 aliphatic carbocycles. The first kappa shape index (κ1) is 20.8. The summed E-state index contributed by atoms with van der Waals surface area (Å²) in [6.07, 6.45) is 5.80. The number of anilines is 2. The molecule has 0 fully saturated rings. The number of carbonyl (C=O) groups excluding carboxylic acids is 2. The number of rotatable bonds is 10. The van der Waals surface area contributed by atoms with Crippen molar-refractivity contribution >= 4 is 23.3 Å². The first-order valence-electron chi connectivity index (χ1n) is 8.93. The smallest absolute Gasteiger partial charge is 0.319 e. The van der Waals surface area contributed by atoms with Crippen LogP contribution in [0.2, 0.25) is 0 Å². The molecule has 3 amide bonds. The third-order valence-corrected chi connectivity index (χ3v) is 3.76. The lowest BCUT2D eigenvalue weighted by molar-refractivity contribution is -0.114. The van der Waals surface area contributed by atoms with Gasteiger partial charge in [-0.05, 0) is 30.5 Å². The Hall–Kier alpha value is -2.24. The lowest BCUT2D eigenvalue weighted by atomic mass is 10.0. The van der Waals surface area contributed by atoms with Crippen LogP contribution in [0.15, 0.2) is 18.2 Å². The molecule has 1 aromatic carbocycles. The van der Waals surface area contributed by atoms with Crippen LogP contribution in [0.1, 0.15) is 52.9 Å². The van der Waals surface area contributed by atoms with E-state index in [2.05, 4.69) is 29.8 Å². The van der Waals surface area contributed by atoms with E-state index in [4.69, 9.17) is 4.74 Å². The molecule has 0 saturated carbocycles. The zero-order valence-electron chi connectivity index (χ0n) is 15.8. The molecule has 0 saturated heterocycles. The van der Waals surface area contributed by atoms with Gasteiger partial charge in [-0.2, -0.15) is 0 Å². The van der Waals surface area contributed by atoms with Gasteiger partial charge in [0.1, 0.15) is 5.75 Å². The summed E-state index contributed by atoms with van der Waals surface area (Å²) in [4.78, 5) is 23.2. The molecule has 0 heterocycles. The van der Waals surface area contributed by atoms with Crippen LogP contribution in [-0.4, -0.2) is 25.6 Å². The lowest BCUT2D eigenvalue weighted by Gasteiger charge is -2.13. The zero-order valence-corrected chi connectivity index (χ0v) is 15.8. The summed E-state index contributed by atoms with van der Waals surface area (Å²) in [6, 6.07) is 4.82. The highest BCUT2D eigenvalue weighted by molar-refractivity contribution is 5.94. The molecule has 6 heteroatoms. The Bertz CT molecular complexity index is 559.